The molecule has 1 aromatic heterocycles. The lowest BCUT2D eigenvalue weighted by molar-refractivity contribution is 1.26. The minimum Gasteiger partial charge on any atom is -0.233 e. The van der Waals surface area contributed by atoms with Gasteiger partial charge in [0.2, 0.25) is 0 Å². The van der Waals surface area contributed by atoms with Gasteiger partial charge in [-0.3, -0.25) is 0 Å². The third-order valence-electron chi connectivity index (χ3n) is 0.655. The summed E-state index contributed by atoms with van der Waals surface area (Å²) in [6, 6.07) is 0. The molecule has 1 heterocycles. The van der Waals surface area contributed by atoms with Crippen molar-refractivity contribution in [2.45, 2.75) is 6.92 Å². The van der Waals surface area contributed by atoms with Crippen LogP contribution < -0.4 is 0 Å². The molecule has 0 aliphatic carbocycles. The molecule has 0 aliphatic rings. The molecule has 0 saturated heterocycles. The molecule has 0 spiro atoms. The average molecular weight is 212 g/mol. The Labute approximate surface area is 64.8 Å². The highest BCUT2D eigenvalue weighted by Gasteiger charge is 2.00. The van der Waals surface area contributed by atoms with Gasteiger partial charge in [-0.2, -0.15) is 0 Å². The van der Waals surface area contributed by atoms with E-state index in [0.717, 1.165) is 13.9 Å². The predicted molar refractivity (Wildman–Crippen MR) is 39.6 cm³/mol. The van der Waals surface area contributed by atoms with Crippen LogP contribution in [0.4, 0.5) is 0 Å². The molecule has 0 radical (unpaired) electrons. The Kier molecular flexibility index (Phi) is 1.90. The first-order valence-electron chi connectivity index (χ1n) is 1.98. The van der Waals surface area contributed by atoms with E-state index in [1.54, 1.807) is 0 Å². The topological polar surface area (TPSA) is 12.9 Å². The van der Waals surface area contributed by atoms with Crippen LogP contribution >= 0.6 is 38.9 Å². The third-order valence-corrected chi connectivity index (χ3v) is 2.89. The monoisotopic (exact) mass is 211 g/mol. The first kappa shape index (κ1) is 6.52. The number of thiazole rings is 1. The highest BCUT2D eigenvalue weighted by Crippen LogP contribution is 2.27. The Morgan fingerprint density at radius 1 is 1.75 bits per heavy atom. The highest BCUT2D eigenvalue weighted by atomic mass is 79.9. The normalized spacial score (nSPS) is 9.88. The SMILES string of the molecule is Cc1nc(Br)c(Cl)s1. The van der Waals surface area contributed by atoms with Crippen molar-refractivity contribution >= 4 is 38.9 Å². The summed E-state index contributed by atoms with van der Waals surface area (Å²) >= 11 is 10.3. The first-order valence-corrected chi connectivity index (χ1v) is 3.97. The average Bonchev–Trinajstić information content (AvgIpc) is 1.85. The lowest BCUT2D eigenvalue weighted by Gasteiger charge is -1.72. The second-order valence-corrected chi connectivity index (χ2v) is 3.85. The van der Waals surface area contributed by atoms with E-state index < -0.39 is 0 Å². The molecule has 8 heavy (non-hydrogen) atoms. The van der Waals surface area contributed by atoms with Crippen molar-refractivity contribution < 1.29 is 0 Å². The zero-order valence-electron chi connectivity index (χ0n) is 4.11. The van der Waals surface area contributed by atoms with E-state index >= 15 is 0 Å². The smallest absolute Gasteiger partial charge is 0.136 e. The zero-order valence-corrected chi connectivity index (χ0v) is 7.27. The van der Waals surface area contributed by atoms with E-state index in [-0.39, 0.29) is 0 Å². The fourth-order valence-corrected chi connectivity index (χ4v) is 1.91. The second-order valence-electron chi connectivity index (χ2n) is 1.30. The Bertz CT molecular complexity index is 178. The standard InChI is InChI=1S/C4H3BrClNS/c1-2-7-3(5)4(6)8-2/h1H3. The van der Waals surface area contributed by atoms with Crippen molar-refractivity contribution in [3.63, 3.8) is 0 Å². The maximum absolute atomic E-state index is 5.64. The van der Waals surface area contributed by atoms with Crippen LogP contribution in [0.15, 0.2) is 4.60 Å². The molecule has 0 unspecified atom stereocenters. The van der Waals surface area contributed by atoms with Crippen LogP contribution in [0, 0.1) is 6.92 Å². The number of rotatable bonds is 0. The van der Waals surface area contributed by atoms with Crippen molar-refractivity contribution in [1.29, 1.82) is 0 Å². The fourth-order valence-electron chi connectivity index (χ4n) is 0.377. The fraction of sp³-hybridized carbons (Fsp3) is 0.250. The van der Waals surface area contributed by atoms with Crippen LogP contribution in [0.5, 0.6) is 0 Å². The summed E-state index contributed by atoms with van der Waals surface area (Å²) < 4.78 is 1.48. The maximum atomic E-state index is 5.64. The molecule has 1 rings (SSSR count). The second kappa shape index (κ2) is 2.33. The lowest BCUT2D eigenvalue weighted by Crippen LogP contribution is -1.62. The summed E-state index contributed by atoms with van der Waals surface area (Å²) in [7, 11) is 0. The van der Waals surface area contributed by atoms with Crippen LogP contribution in [0.3, 0.4) is 0 Å². The molecule has 44 valence electrons. The molecule has 0 N–H and O–H groups in total. The first-order chi connectivity index (χ1) is 3.70. The van der Waals surface area contributed by atoms with Gasteiger partial charge < -0.3 is 0 Å². The van der Waals surface area contributed by atoms with Gasteiger partial charge >= 0.3 is 0 Å². The number of hydrogen-bond donors (Lipinski definition) is 0. The summed E-state index contributed by atoms with van der Waals surface area (Å²) in [5.74, 6) is 0. The number of hydrogen-bond acceptors (Lipinski definition) is 2. The summed E-state index contributed by atoms with van der Waals surface area (Å²) in [4.78, 5) is 4.01. The van der Waals surface area contributed by atoms with Gasteiger partial charge in [-0.1, -0.05) is 11.6 Å². The van der Waals surface area contributed by atoms with Gasteiger partial charge in [-0.25, -0.2) is 4.98 Å². The summed E-state index contributed by atoms with van der Waals surface area (Å²) in [6.45, 7) is 1.92. The van der Waals surface area contributed by atoms with Crippen molar-refractivity contribution in [2.24, 2.45) is 0 Å². The molecule has 1 aromatic rings. The number of halogens is 2. The molecule has 0 atom stereocenters. The van der Waals surface area contributed by atoms with Crippen molar-refractivity contribution in [3.8, 4) is 0 Å². The molecule has 4 heteroatoms. The molecule has 0 saturated carbocycles. The molecule has 1 nitrogen and oxygen atoms in total. The maximum Gasteiger partial charge on any atom is 0.136 e. The van der Waals surface area contributed by atoms with E-state index in [1.807, 2.05) is 6.92 Å². The van der Waals surface area contributed by atoms with Crippen LogP contribution in [-0.4, -0.2) is 4.98 Å². The molecule has 0 aliphatic heterocycles. The van der Waals surface area contributed by atoms with Crippen molar-refractivity contribution in [1.82, 2.24) is 4.98 Å². The summed E-state index contributed by atoms with van der Waals surface area (Å²) in [5.41, 5.74) is 0. The van der Waals surface area contributed by atoms with E-state index in [2.05, 4.69) is 20.9 Å². The van der Waals surface area contributed by atoms with Gasteiger partial charge in [0.25, 0.3) is 0 Å². The van der Waals surface area contributed by atoms with E-state index in [0.29, 0.717) is 0 Å². The van der Waals surface area contributed by atoms with Gasteiger partial charge in [-0.05, 0) is 22.9 Å². The van der Waals surface area contributed by atoms with E-state index in [4.69, 9.17) is 11.6 Å². The molecule has 0 fully saturated rings. The van der Waals surface area contributed by atoms with E-state index in [1.165, 1.54) is 11.3 Å². The third kappa shape index (κ3) is 1.21. The number of aromatic nitrogens is 1. The molecule has 0 amide bonds. The quantitative estimate of drug-likeness (QED) is 0.644. The van der Waals surface area contributed by atoms with Gasteiger partial charge in [0.1, 0.15) is 8.94 Å². The van der Waals surface area contributed by atoms with Crippen LogP contribution in [0.2, 0.25) is 4.34 Å². The summed E-state index contributed by atoms with van der Waals surface area (Å²) in [5, 5.41) is 0.988. The Morgan fingerprint density at radius 3 is 2.50 bits per heavy atom. The van der Waals surface area contributed by atoms with Crippen molar-refractivity contribution in [2.75, 3.05) is 0 Å². The molecular weight excluding hydrogens is 209 g/mol. The van der Waals surface area contributed by atoms with Gasteiger partial charge in [0, 0.05) is 0 Å². The predicted octanol–water partition coefficient (Wildman–Crippen LogP) is 2.87. The largest absolute Gasteiger partial charge is 0.233 e. The Hall–Kier alpha value is 0.400. The van der Waals surface area contributed by atoms with Gasteiger partial charge in [0.05, 0.1) is 5.01 Å². The summed E-state index contributed by atoms with van der Waals surface area (Å²) in [6.07, 6.45) is 0. The number of aryl methyl sites for hydroxylation is 1. The zero-order chi connectivity index (χ0) is 6.15. The minimum absolute atomic E-state index is 0.725. The number of nitrogens with zero attached hydrogens (tertiary/aromatic N) is 1. The molecule has 0 bridgehead atoms. The van der Waals surface area contributed by atoms with Gasteiger partial charge in [0.15, 0.2) is 0 Å². The van der Waals surface area contributed by atoms with Crippen LogP contribution in [0.25, 0.3) is 0 Å². The van der Waals surface area contributed by atoms with Crippen LogP contribution in [0.1, 0.15) is 5.01 Å². The Morgan fingerprint density at radius 2 is 2.38 bits per heavy atom. The van der Waals surface area contributed by atoms with Crippen molar-refractivity contribution in [3.05, 3.63) is 13.9 Å². The van der Waals surface area contributed by atoms with Crippen LogP contribution in [-0.2, 0) is 0 Å². The minimum atomic E-state index is 0.725. The Balaban J connectivity index is 3.14. The van der Waals surface area contributed by atoms with E-state index in [9.17, 15) is 0 Å². The molecular formula is C4H3BrClNS. The lowest BCUT2D eigenvalue weighted by atomic mass is 10.8. The van der Waals surface area contributed by atoms with Gasteiger partial charge in [-0.15, -0.1) is 11.3 Å². The molecule has 0 aromatic carbocycles. The highest BCUT2D eigenvalue weighted by molar-refractivity contribution is 9.10.